The van der Waals surface area contributed by atoms with Crippen LogP contribution in [0.4, 0.5) is 10.8 Å². The standard InChI is InChI=1S/C28H21Cl4N3O6S2/c1-12(25(36)35-28-34-16(11-42-28)13-4-9-17(40-2)18(10-13)41-3)43-15-7-5-14(6-8-15)33-26(37)19-20(27(38)39)22(30)24(32)23(31)21(19)29/h4-12H,1-3H3,(H,33,37)(H,38,39)(H,34,35,36). The van der Waals surface area contributed by atoms with Crippen LogP contribution >= 0.6 is 69.5 Å². The molecular weight excluding hydrogens is 680 g/mol. The average Bonchev–Trinajstić information content (AvgIpc) is 3.46. The Hall–Kier alpha value is -3.19. The number of aromatic carboxylic acids is 1. The maximum atomic E-state index is 13.0. The zero-order valence-electron chi connectivity index (χ0n) is 22.5. The number of carboxylic acid groups (broad SMARTS) is 1. The first-order valence-corrected chi connectivity index (χ1v) is 15.4. The molecule has 0 aliphatic heterocycles. The van der Waals surface area contributed by atoms with E-state index in [2.05, 4.69) is 15.6 Å². The quantitative estimate of drug-likeness (QED) is 0.0854. The maximum absolute atomic E-state index is 13.0. The van der Waals surface area contributed by atoms with Crippen LogP contribution in [0.25, 0.3) is 11.3 Å². The molecule has 4 rings (SSSR count). The summed E-state index contributed by atoms with van der Waals surface area (Å²) in [6, 6.07) is 12.0. The second-order valence-corrected chi connectivity index (χ2v) is 12.4. The number of nitrogens with zero attached hydrogens (tertiary/aromatic N) is 1. The van der Waals surface area contributed by atoms with Crippen molar-refractivity contribution in [1.82, 2.24) is 4.98 Å². The molecule has 0 saturated heterocycles. The van der Waals surface area contributed by atoms with Gasteiger partial charge in [-0.3, -0.25) is 9.59 Å². The van der Waals surface area contributed by atoms with Crippen molar-refractivity contribution in [3.05, 3.63) is 79.1 Å². The van der Waals surface area contributed by atoms with Crippen LogP contribution in [0.15, 0.2) is 52.7 Å². The third kappa shape index (κ3) is 7.31. The first-order chi connectivity index (χ1) is 20.4. The monoisotopic (exact) mass is 699 g/mol. The molecule has 0 saturated carbocycles. The van der Waals surface area contributed by atoms with Crippen molar-refractivity contribution in [2.75, 3.05) is 24.9 Å². The van der Waals surface area contributed by atoms with Gasteiger partial charge >= 0.3 is 5.97 Å². The number of aromatic nitrogens is 1. The molecule has 9 nitrogen and oxygen atoms in total. The molecule has 3 aromatic carbocycles. The van der Waals surface area contributed by atoms with Crippen LogP contribution < -0.4 is 20.1 Å². The lowest BCUT2D eigenvalue weighted by Crippen LogP contribution is -2.22. The van der Waals surface area contributed by atoms with Crippen LogP contribution in [0.3, 0.4) is 0 Å². The van der Waals surface area contributed by atoms with Gasteiger partial charge in [0.15, 0.2) is 16.6 Å². The van der Waals surface area contributed by atoms with E-state index in [1.807, 2.05) is 17.5 Å². The summed E-state index contributed by atoms with van der Waals surface area (Å²) in [5.41, 5.74) is 0.841. The van der Waals surface area contributed by atoms with Gasteiger partial charge < -0.3 is 25.2 Å². The lowest BCUT2D eigenvalue weighted by atomic mass is 10.1. The molecule has 1 unspecified atom stereocenters. The smallest absolute Gasteiger partial charge is 0.338 e. The highest BCUT2D eigenvalue weighted by Gasteiger charge is 2.29. The number of thiazole rings is 1. The van der Waals surface area contributed by atoms with Crippen molar-refractivity contribution >= 4 is 98.1 Å². The van der Waals surface area contributed by atoms with Crippen molar-refractivity contribution in [2.45, 2.75) is 17.1 Å². The average molecular weight is 701 g/mol. The number of anilines is 2. The summed E-state index contributed by atoms with van der Waals surface area (Å²) >= 11 is 26.8. The number of nitrogens with one attached hydrogen (secondary N) is 2. The maximum Gasteiger partial charge on any atom is 0.338 e. The molecule has 3 N–H and O–H groups in total. The molecule has 0 aliphatic rings. The molecule has 0 aliphatic carbocycles. The summed E-state index contributed by atoms with van der Waals surface area (Å²) in [5, 5.41) is 15.5. The summed E-state index contributed by atoms with van der Waals surface area (Å²) in [7, 11) is 3.11. The van der Waals surface area contributed by atoms with Crippen LogP contribution in [0, 0.1) is 0 Å². The van der Waals surface area contributed by atoms with Gasteiger partial charge in [-0.25, -0.2) is 9.78 Å². The van der Waals surface area contributed by atoms with E-state index >= 15 is 0 Å². The lowest BCUT2D eigenvalue weighted by molar-refractivity contribution is -0.115. The highest BCUT2D eigenvalue weighted by Crippen LogP contribution is 2.42. The molecule has 15 heteroatoms. The van der Waals surface area contributed by atoms with Crippen LogP contribution in [0.1, 0.15) is 27.6 Å². The molecule has 0 spiro atoms. The van der Waals surface area contributed by atoms with E-state index in [1.54, 1.807) is 51.5 Å². The van der Waals surface area contributed by atoms with E-state index in [0.717, 1.165) is 10.5 Å². The second-order valence-electron chi connectivity index (χ2n) is 8.65. The summed E-state index contributed by atoms with van der Waals surface area (Å²) in [5.74, 6) is -1.41. The third-order valence-electron chi connectivity index (χ3n) is 5.92. The van der Waals surface area contributed by atoms with Crippen LogP contribution in [-0.2, 0) is 4.79 Å². The van der Waals surface area contributed by atoms with Crippen LogP contribution in [-0.4, -0.2) is 47.3 Å². The van der Waals surface area contributed by atoms with Gasteiger partial charge in [-0.1, -0.05) is 46.4 Å². The number of methoxy groups -OCH3 is 2. The molecule has 0 radical (unpaired) electrons. The largest absolute Gasteiger partial charge is 0.493 e. The number of rotatable bonds is 10. The van der Waals surface area contributed by atoms with Crippen molar-refractivity contribution < 1.29 is 29.0 Å². The van der Waals surface area contributed by atoms with Crippen molar-refractivity contribution in [2.24, 2.45) is 0 Å². The number of hydrogen-bond donors (Lipinski definition) is 3. The number of hydrogen-bond acceptors (Lipinski definition) is 8. The SMILES string of the molecule is COc1ccc(-c2csc(NC(=O)C(C)Sc3ccc(NC(=O)c4c(Cl)c(Cl)c(Cl)c(Cl)c4C(=O)O)cc3)n2)cc1OC. The Kier molecular flexibility index (Phi) is 10.7. The second kappa shape index (κ2) is 14.1. The zero-order chi connectivity index (χ0) is 31.4. The molecule has 2 amide bonds. The van der Waals surface area contributed by atoms with E-state index < -0.39 is 33.3 Å². The van der Waals surface area contributed by atoms with E-state index in [4.69, 9.17) is 55.9 Å². The molecule has 43 heavy (non-hydrogen) atoms. The van der Waals surface area contributed by atoms with Gasteiger partial charge in [-0.15, -0.1) is 23.1 Å². The Morgan fingerprint density at radius 1 is 0.884 bits per heavy atom. The Morgan fingerprint density at radius 2 is 1.51 bits per heavy atom. The number of carbonyl (C=O) groups excluding carboxylic acids is 2. The van der Waals surface area contributed by atoms with Gasteiger partial charge in [-0.05, 0) is 49.4 Å². The Labute approximate surface area is 274 Å². The Morgan fingerprint density at radius 3 is 2.12 bits per heavy atom. The number of halogens is 4. The van der Waals surface area contributed by atoms with E-state index in [0.29, 0.717) is 28.0 Å². The molecule has 0 fully saturated rings. The van der Waals surface area contributed by atoms with Gasteiger partial charge in [-0.2, -0.15) is 0 Å². The normalized spacial score (nSPS) is 11.5. The molecule has 1 atom stereocenters. The van der Waals surface area contributed by atoms with E-state index in [1.165, 1.54) is 23.1 Å². The summed E-state index contributed by atoms with van der Waals surface area (Å²) in [6.45, 7) is 1.75. The Bertz CT molecular complexity index is 1720. The predicted octanol–water partition coefficient (Wildman–Crippen LogP) is 8.51. The van der Waals surface area contributed by atoms with Crippen molar-refractivity contribution in [3.8, 4) is 22.8 Å². The van der Waals surface area contributed by atoms with Crippen LogP contribution in [0.5, 0.6) is 11.5 Å². The molecule has 4 aromatic rings. The number of thioether (sulfide) groups is 1. The molecular formula is C28H21Cl4N3O6S2. The van der Waals surface area contributed by atoms with Gasteiger partial charge in [0.1, 0.15) is 0 Å². The Balaban J connectivity index is 1.40. The van der Waals surface area contributed by atoms with Crippen LogP contribution in [0.2, 0.25) is 20.1 Å². The fourth-order valence-corrected chi connectivity index (χ4v) is 6.39. The molecule has 1 heterocycles. The number of ether oxygens (including phenoxy) is 2. The van der Waals surface area contributed by atoms with Gasteiger partial charge in [0.05, 0.1) is 56.4 Å². The molecule has 1 aromatic heterocycles. The summed E-state index contributed by atoms with van der Waals surface area (Å²) in [4.78, 5) is 42.9. The van der Waals surface area contributed by atoms with E-state index in [-0.39, 0.29) is 21.0 Å². The number of carbonyl (C=O) groups is 3. The molecule has 0 bridgehead atoms. The minimum Gasteiger partial charge on any atom is -0.493 e. The zero-order valence-corrected chi connectivity index (χ0v) is 27.1. The van der Waals surface area contributed by atoms with Gasteiger partial charge in [0.2, 0.25) is 5.91 Å². The van der Waals surface area contributed by atoms with Gasteiger partial charge in [0.25, 0.3) is 5.91 Å². The van der Waals surface area contributed by atoms with E-state index in [9.17, 15) is 19.5 Å². The number of benzene rings is 3. The minimum atomic E-state index is -1.50. The summed E-state index contributed by atoms with van der Waals surface area (Å²) < 4.78 is 10.6. The van der Waals surface area contributed by atoms with Crippen molar-refractivity contribution in [3.63, 3.8) is 0 Å². The predicted molar refractivity (Wildman–Crippen MR) is 172 cm³/mol. The number of carboxylic acids is 1. The highest BCUT2D eigenvalue weighted by atomic mass is 35.5. The fraction of sp³-hybridized carbons (Fsp3) is 0.143. The number of amides is 2. The third-order valence-corrected chi connectivity index (χ3v) is 9.59. The topological polar surface area (TPSA) is 127 Å². The lowest BCUT2D eigenvalue weighted by Gasteiger charge is -2.14. The minimum absolute atomic E-state index is 0.238. The first-order valence-electron chi connectivity index (χ1n) is 12.1. The van der Waals surface area contributed by atoms with Gasteiger partial charge in [0, 0.05) is 21.5 Å². The fourth-order valence-electron chi connectivity index (χ4n) is 3.78. The first kappa shape index (κ1) is 32.7. The highest BCUT2D eigenvalue weighted by molar-refractivity contribution is 8.00. The van der Waals surface area contributed by atoms with Crippen molar-refractivity contribution in [1.29, 1.82) is 0 Å². The molecule has 224 valence electrons. The summed E-state index contributed by atoms with van der Waals surface area (Å²) in [6.07, 6.45) is 0.